The zero-order valence-corrected chi connectivity index (χ0v) is 17.8. The summed E-state index contributed by atoms with van der Waals surface area (Å²) in [6, 6.07) is 7.21. The second kappa shape index (κ2) is 9.58. The molecule has 0 unspecified atom stereocenters. The van der Waals surface area contributed by atoms with E-state index < -0.39 is 0 Å². The Morgan fingerprint density at radius 2 is 2.19 bits per heavy atom. The molecule has 146 valence electrons. The molecule has 1 fully saturated rings. The number of carbonyl (C=O) groups is 1. The molecule has 1 aromatic carbocycles. The molecule has 27 heavy (non-hydrogen) atoms. The normalized spacial score (nSPS) is 14.9. The second-order valence-electron chi connectivity index (χ2n) is 6.23. The third-order valence-electron chi connectivity index (χ3n) is 4.34. The van der Waals surface area contributed by atoms with Gasteiger partial charge in [0.05, 0.1) is 11.9 Å². The molecule has 2 aromatic rings. The molecule has 1 amide bonds. The van der Waals surface area contributed by atoms with Crippen LogP contribution in [0.25, 0.3) is 0 Å². The van der Waals surface area contributed by atoms with Gasteiger partial charge in [-0.1, -0.05) is 12.1 Å². The van der Waals surface area contributed by atoms with E-state index in [1.54, 1.807) is 35.0 Å². The highest BCUT2D eigenvalue weighted by molar-refractivity contribution is 14.0. The molecule has 0 atom stereocenters. The van der Waals surface area contributed by atoms with Crippen molar-refractivity contribution in [3.63, 3.8) is 0 Å². The van der Waals surface area contributed by atoms with Gasteiger partial charge in [0.15, 0.2) is 5.96 Å². The molecule has 2 N–H and O–H groups in total. The Morgan fingerprint density at radius 1 is 1.37 bits per heavy atom. The Hall–Kier alpha value is -2.30. The molecule has 0 radical (unpaired) electrons. The number of nitrogens with one attached hydrogen (secondary N) is 1. The monoisotopic (exact) mass is 484 g/mol. The lowest BCUT2D eigenvalue weighted by atomic mass is 10.1. The number of aromatic hydroxyl groups is 1. The fourth-order valence-electron chi connectivity index (χ4n) is 3.04. The summed E-state index contributed by atoms with van der Waals surface area (Å²) in [4.78, 5) is 20.5. The molecule has 1 aromatic heterocycles. The van der Waals surface area contributed by atoms with Gasteiger partial charge in [-0.2, -0.15) is 5.10 Å². The van der Waals surface area contributed by atoms with Gasteiger partial charge in [-0.25, -0.2) is 0 Å². The number of guanidine groups is 1. The lowest BCUT2D eigenvalue weighted by Crippen LogP contribution is -2.55. The van der Waals surface area contributed by atoms with Crippen LogP contribution >= 0.6 is 24.0 Å². The molecule has 3 rings (SSSR count). The molecule has 0 saturated carbocycles. The number of benzene rings is 1. The molecule has 1 aliphatic rings. The van der Waals surface area contributed by atoms with Crippen LogP contribution in [0.3, 0.4) is 0 Å². The second-order valence-corrected chi connectivity index (χ2v) is 6.23. The number of piperazine rings is 1. The van der Waals surface area contributed by atoms with Crippen LogP contribution < -0.4 is 10.2 Å². The van der Waals surface area contributed by atoms with Crippen molar-refractivity contribution in [3.05, 3.63) is 42.2 Å². The van der Waals surface area contributed by atoms with Gasteiger partial charge in [-0.3, -0.25) is 14.5 Å². The van der Waals surface area contributed by atoms with Crippen molar-refractivity contribution in [2.45, 2.75) is 6.42 Å². The summed E-state index contributed by atoms with van der Waals surface area (Å²) in [6.45, 7) is 2.25. The lowest BCUT2D eigenvalue weighted by Gasteiger charge is -2.35. The smallest absolute Gasteiger partial charge is 0.246 e. The Balaban J connectivity index is 0.00000261. The van der Waals surface area contributed by atoms with E-state index >= 15 is 0 Å². The number of rotatable bonds is 4. The molecule has 9 heteroatoms. The van der Waals surface area contributed by atoms with Gasteiger partial charge in [0.2, 0.25) is 5.91 Å². The van der Waals surface area contributed by atoms with Gasteiger partial charge < -0.3 is 20.2 Å². The van der Waals surface area contributed by atoms with Crippen molar-refractivity contribution in [1.82, 2.24) is 20.0 Å². The minimum Gasteiger partial charge on any atom is -0.508 e. The molecule has 0 bridgehead atoms. The largest absolute Gasteiger partial charge is 0.508 e. The number of phenols is 1. The van der Waals surface area contributed by atoms with Gasteiger partial charge in [0.25, 0.3) is 0 Å². The van der Waals surface area contributed by atoms with Crippen LogP contribution in [0.15, 0.2) is 41.7 Å². The van der Waals surface area contributed by atoms with Gasteiger partial charge in [-0.15, -0.1) is 24.0 Å². The first kappa shape index (κ1) is 21.0. The summed E-state index contributed by atoms with van der Waals surface area (Å²) < 4.78 is 1.69. The Bertz CT molecular complexity index is 807. The minimum atomic E-state index is 0. The number of amides is 1. The molecule has 8 nitrogen and oxygen atoms in total. The summed E-state index contributed by atoms with van der Waals surface area (Å²) in [5.74, 6) is 1.01. The van der Waals surface area contributed by atoms with Crippen molar-refractivity contribution in [2.75, 3.05) is 38.1 Å². The highest BCUT2D eigenvalue weighted by Gasteiger charge is 2.27. The molecular weight excluding hydrogens is 459 g/mol. The van der Waals surface area contributed by atoms with E-state index in [0.29, 0.717) is 25.6 Å². The number of aryl methyl sites for hydroxylation is 1. The maximum Gasteiger partial charge on any atom is 0.246 e. The van der Waals surface area contributed by atoms with E-state index in [1.165, 1.54) is 0 Å². The standard InChI is InChI=1S/C18H24N6O2.HI/c1-19-18(20-7-6-14-4-3-5-16(25)10-14)23-8-9-24(17(26)13-23)15-11-21-22(2)12-15;/h3-5,10-12,25H,6-9,13H2,1-2H3,(H,19,20);1H. The zero-order valence-electron chi connectivity index (χ0n) is 15.5. The molecule has 1 saturated heterocycles. The third kappa shape index (κ3) is 5.34. The lowest BCUT2D eigenvalue weighted by molar-refractivity contribution is -0.120. The highest BCUT2D eigenvalue weighted by atomic mass is 127. The summed E-state index contributed by atoms with van der Waals surface area (Å²) >= 11 is 0. The summed E-state index contributed by atoms with van der Waals surface area (Å²) in [7, 11) is 3.55. The number of hydrogen-bond donors (Lipinski definition) is 2. The van der Waals surface area contributed by atoms with E-state index in [1.807, 2.05) is 30.3 Å². The molecule has 0 aliphatic carbocycles. The van der Waals surface area contributed by atoms with Crippen LogP contribution in [0.1, 0.15) is 5.56 Å². The number of nitrogens with zero attached hydrogens (tertiary/aromatic N) is 5. The van der Waals surface area contributed by atoms with Crippen molar-refractivity contribution < 1.29 is 9.90 Å². The van der Waals surface area contributed by atoms with Crippen molar-refractivity contribution >= 4 is 41.5 Å². The summed E-state index contributed by atoms with van der Waals surface area (Å²) in [5.41, 5.74) is 1.87. The van der Waals surface area contributed by atoms with Crippen LogP contribution in [-0.2, 0) is 18.3 Å². The quantitative estimate of drug-likeness (QED) is 0.387. The first-order chi connectivity index (χ1) is 12.6. The van der Waals surface area contributed by atoms with Gasteiger partial charge in [-0.05, 0) is 24.1 Å². The number of aliphatic imine (C=N–C) groups is 1. The van der Waals surface area contributed by atoms with Gasteiger partial charge in [0.1, 0.15) is 12.3 Å². The van der Waals surface area contributed by atoms with Crippen molar-refractivity contribution in [1.29, 1.82) is 0 Å². The SMILES string of the molecule is CN=C(NCCc1cccc(O)c1)N1CCN(c2cnn(C)c2)C(=O)C1.I. The number of hydrogen-bond acceptors (Lipinski definition) is 4. The maximum absolute atomic E-state index is 12.5. The van der Waals surface area contributed by atoms with Gasteiger partial charge >= 0.3 is 0 Å². The Kier molecular flexibility index (Phi) is 7.45. The molecule has 0 spiro atoms. The maximum atomic E-state index is 12.5. The summed E-state index contributed by atoms with van der Waals surface area (Å²) in [5, 5.41) is 16.9. The van der Waals surface area contributed by atoms with E-state index in [2.05, 4.69) is 15.4 Å². The number of carbonyl (C=O) groups excluding carboxylic acids is 1. The average molecular weight is 484 g/mol. The zero-order chi connectivity index (χ0) is 18.5. The Morgan fingerprint density at radius 3 is 2.81 bits per heavy atom. The highest BCUT2D eigenvalue weighted by Crippen LogP contribution is 2.16. The predicted molar refractivity (Wildman–Crippen MR) is 116 cm³/mol. The van der Waals surface area contributed by atoms with Crippen LogP contribution in [-0.4, -0.2) is 64.9 Å². The molecular formula is C18H25IN6O2. The van der Waals surface area contributed by atoms with Crippen LogP contribution in [0.2, 0.25) is 0 Å². The number of phenolic OH excluding ortho intramolecular Hbond substituents is 1. The summed E-state index contributed by atoms with van der Waals surface area (Å²) in [6.07, 6.45) is 4.31. The van der Waals surface area contributed by atoms with E-state index in [-0.39, 0.29) is 42.2 Å². The predicted octanol–water partition coefficient (Wildman–Crippen LogP) is 1.21. The average Bonchev–Trinajstić information content (AvgIpc) is 3.05. The fraction of sp³-hybridized carbons (Fsp3) is 0.389. The Labute approximate surface area is 175 Å². The minimum absolute atomic E-state index is 0. The van der Waals surface area contributed by atoms with Crippen LogP contribution in [0.4, 0.5) is 5.69 Å². The number of halogens is 1. The molecule has 2 heterocycles. The number of anilines is 1. The fourth-order valence-corrected chi connectivity index (χ4v) is 3.04. The van der Waals surface area contributed by atoms with E-state index in [0.717, 1.165) is 17.7 Å². The first-order valence-electron chi connectivity index (χ1n) is 8.59. The topological polar surface area (TPSA) is 86.0 Å². The third-order valence-corrected chi connectivity index (χ3v) is 4.34. The van der Waals surface area contributed by atoms with Crippen molar-refractivity contribution in [3.8, 4) is 5.75 Å². The van der Waals surface area contributed by atoms with Gasteiger partial charge in [0, 0.05) is 39.9 Å². The van der Waals surface area contributed by atoms with E-state index in [4.69, 9.17) is 0 Å². The number of aromatic nitrogens is 2. The van der Waals surface area contributed by atoms with Crippen molar-refractivity contribution in [2.24, 2.45) is 12.0 Å². The van der Waals surface area contributed by atoms with Crippen LogP contribution in [0.5, 0.6) is 5.75 Å². The van der Waals surface area contributed by atoms with E-state index in [9.17, 15) is 9.90 Å². The first-order valence-corrected chi connectivity index (χ1v) is 8.59. The van der Waals surface area contributed by atoms with Crippen LogP contribution in [0, 0.1) is 0 Å². The molecule has 1 aliphatic heterocycles.